The Morgan fingerprint density at radius 1 is 1.17 bits per heavy atom. The Kier molecular flexibility index (Phi) is 4.15. The van der Waals surface area contributed by atoms with Crippen molar-refractivity contribution in [3.8, 4) is 10.6 Å². The second-order valence-electron chi connectivity index (χ2n) is 6.64. The van der Waals surface area contributed by atoms with Gasteiger partial charge in [0.15, 0.2) is 11.3 Å². The molecule has 4 aromatic rings. The number of fused-ring (bicyclic) bond motifs is 2. The third-order valence-electron chi connectivity index (χ3n) is 4.84. The molecule has 0 aliphatic carbocycles. The van der Waals surface area contributed by atoms with Crippen molar-refractivity contribution < 1.29 is 13.6 Å². The number of nitrogens with zero attached hydrogens (tertiary/aromatic N) is 4. The minimum absolute atomic E-state index is 0.0414. The highest BCUT2D eigenvalue weighted by Crippen LogP contribution is 2.36. The molecule has 0 unspecified atom stereocenters. The van der Waals surface area contributed by atoms with Gasteiger partial charge in [-0.1, -0.05) is 24.3 Å². The van der Waals surface area contributed by atoms with Crippen molar-refractivity contribution in [2.75, 3.05) is 11.4 Å². The first-order chi connectivity index (χ1) is 13.9. The lowest BCUT2D eigenvalue weighted by Crippen LogP contribution is -2.29. The van der Waals surface area contributed by atoms with Crippen molar-refractivity contribution in [3.63, 3.8) is 0 Å². The van der Waals surface area contributed by atoms with E-state index in [1.807, 2.05) is 29.6 Å². The molecule has 0 spiro atoms. The Labute approximate surface area is 173 Å². The molecule has 146 valence electrons. The summed E-state index contributed by atoms with van der Waals surface area (Å²) >= 11 is 6.71. The van der Waals surface area contributed by atoms with E-state index in [1.54, 1.807) is 17.0 Å². The van der Waals surface area contributed by atoms with Gasteiger partial charge >= 0.3 is 5.38 Å². The lowest BCUT2D eigenvalue weighted by Gasteiger charge is -2.15. The molecule has 4 heterocycles. The van der Waals surface area contributed by atoms with Gasteiger partial charge in [-0.2, -0.15) is 13.9 Å². The van der Waals surface area contributed by atoms with Crippen molar-refractivity contribution in [3.05, 3.63) is 70.9 Å². The summed E-state index contributed by atoms with van der Waals surface area (Å²) in [7, 11) is 0. The molecule has 1 amide bonds. The van der Waals surface area contributed by atoms with Crippen molar-refractivity contribution >= 4 is 40.2 Å². The number of alkyl halides is 3. The Bertz CT molecular complexity index is 1230. The SMILES string of the molecule is O=C(c1cc2nc(-c3cccs3)cc(C(F)(F)Cl)n2n1)N1CCc2ccccc21. The molecule has 1 aromatic carbocycles. The zero-order chi connectivity index (χ0) is 20.2. The van der Waals surface area contributed by atoms with Gasteiger partial charge in [-0.15, -0.1) is 11.3 Å². The van der Waals surface area contributed by atoms with Gasteiger partial charge in [-0.3, -0.25) is 4.79 Å². The summed E-state index contributed by atoms with van der Waals surface area (Å²) in [6.07, 6.45) is 0.737. The number of anilines is 1. The largest absolute Gasteiger partial charge is 0.364 e. The number of hydrogen-bond donors (Lipinski definition) is 0. The third-order valence-corrected chi connectivity index (χ3v) is 5.93. The quantitative estimate of drug-likeness (QED) is 0.432. The maximum atomic E-state index is 14.1. The highest BCUT2D eigenvalue weighted by Gasteiger charge is 2.34. The lowest BCUT2D eigenvalue weighted by molar-refractivity contribution is 0.0868. The monoisotopic (exact) mass is 430 g/mol. The number of rotatable bonds is 3. The van der Waals surface area contributed by atoms with Crippen molar-refractivity contribution in [2.24, 2.45) is 0 Å². The molecule has 0 saturated heterocycles. The molecule has 0 fully saturated rings. The molecule has 1 aliphatic heterocycles. The summed E-state index contributed by atoms with van der Waals surface area (Å²) in [6.45, 7) is 0.512. The summed E-state index contributed by atoms with van der Waals surface area (Å²) in [6, 6.07) is 13.8. The molecule has 3 aromatic heterocycles. The lowest BCUT2D eigenvalue weighted by atomic mass is 10.2. The fraction of sp³-hybridized carbons (Fsp3) is 0.150. The maximum absolute atomic E-state index is 14.1. The standard InChI is InChI=1S/C20H13ClF2N4OS/c21-20(22,23)17-10-13(16-6-3-9-29-16)24-18-11-14(25-27(17)18)19(28)26-8-7-12-4-1-2-5-15(12)26/h1-6,9-11H,7-8H2. The van der Waals surface area contributed by atoms with Crippen LogP contribution in [0.1, 0.15) is 21.7 Å². The first kappa shape index (κ1) is 18.2. The van der Waals surface area contributed by atoms with Crippen molar-refractivity contribution in [1.29, 1.82) is 0 Å². The number of hydrogen-bond acceptors (Lipinski definition) is 4. The van der Waals surface area contributed by atoms with Crippen molar-refractivity contribution in [2.45, 2.75) is 11.8 Å². The number of thiophene rings is 1. The van der Waals surface area contributed by atoms with Gasteiger partial charge < -0.3 is 4.90 Å². The zero-order valence-electron chi connectivity index (χ0n) is 14.8. The first-order valence-corrected chi connectivity index (χ1v) is 10.1. The van der Waals surface area contributed by atoms with E-state index < -0.39 is 11.1 Å². The van der Waals surface area contributed by atoms with E-state index in [2.05, 4.69) is 10.1 Å². The number of amides is 1. The second kappa shape index (κ2) is 6.60. The summed E-state index contributed by atoms with van der Waals surface area (Å²) in [5, 5.41) is 2.28. The molecule has 5 rings (SSSR count). The minimum atomic E-state index is -3.67. The van der Waals surface area contributed by atoms with E-state index >= 15 is 0 Å². The highest BCUT2D eigenvalue weighted by atomic mass is 35.5. The van der Waals surface area contributed by atoms with Gasteiger partial charge in [-0.25, -0.2) is 9.50 Å². The van der Waals surface area contributed by atoms with Crippen LogP contribution in [0.15, 0.2) is 53.9 Å². The predicted octanol–water partition coefficient (Wildman–Crippen LogP) is 4.95. The van der Waals surface area contributed by atoms with Gasteiger partial charge in [0.2, 0.25) is 0 Å². The van der Waals surface area contributed by atoms with E-state index in [0.717, 1.165) is 27.1 Å². The Morgan fingerprint density at radius 2 is 2.00 bits per heavy atom. The fourth-order valence-corrected chi connectivity index (χ4v) is 4.34. The average Bonchev–Trinajstić information content (AvgIpc) is 3.44. The third kappa shape index (κ3) is 3.08. The van der Waals surface area contributed by atoms with E-state index in [1.165, 1.54) is 23.5 Å². The molecule has 0 radical (unpaired) electrons. The number of benzene rings is 1. The topological polar surface area (TPSA) is 50.5 Å². The Balaban J connectivity index is 1.62. The number of para-hydroxylation sites is 1. The summed E-state index contributed by atoms with van der Waals surface area (Å²) in [4.78, 5) is 19.8. The molecule has 0 atom stereocenters. The van der Waals surface area contributed by atoms with E-state index in [-0.39, 0.29) is 17.2 Å². The van der Waals surface area contributed by atoms with Gasteiger partial charge in [0, 0.05) is 18.3 Å². The van der Waals surface area contributed by atoms with Crippen LogP contribution in [0.5, 0.6) is 0 Å². The molecule has 9 heteroatoms. The first-order valence-electron chi connectivity index (χ1n) is 8.83. The minimum Gasteiger partial charge on any atom is -0.306 e. The smallest absolute Gasteiger partial charge is 0.306 e. The molecular formula is C20H13ClF2N4OS. The van der Waals surface area contributed by atoms with Crippen LogP contribution in [-0.4, -0.2) is 27.0 Å². The van der Waals surface area contributed by atoms with Crippen LogP contribution in [0.3, 0.4) is 0 Å². The van der Waals surface area contributed by atoms with E-state index in [4.69, 9.17) is 11.6 Å². The molecule has 29 heavy (non-hydrogen) atoms. The van der Waals surface area contributed by atoms with Crippen LogP contribution >= 0.6 is 22.9 Å². The van der Waals surface area contributed by atoms with Gasteiger partial charge in [0.1, 0.15) is 5.69 Å². The predicted molar refractivity (Wildman–Crippen MR) is 108 cm³/mol. The van der Waals surface area contributed by atoms with Crippen LogP contribution in [0.2, 0.25) is 0 Å². The summed E-state index contributed by atoms with van der Waals surface area (Å²) in [5.41, 5.74) is 1.88. The number of carbonyl (C=O) groups excluding carboxylic acids is 1. The van der Waals surface area contributed by atoms with Crippen LogP contribution in [0, 0.1) is 0 Å². The Hall–Kier alpha value is -2.84. The average molecular weight is 431 g/mol. The Morgan fingerprint density at radius 3 is 2.76 bits per heavy atom. The van der Waals surface area contributed by atoms with E-state index in [9.17, 15) is 13.6 Å². The van der Waals surface area contributed by atoms with Crippen LogP contribution in [-0.2, 0) is 11.8 Å². The maximum Gasteiger partial charge on any atom is 0.364 e. The van der Waals surface area contributed by atoms with Crippen LogP contribution in [0.4, 0.5) is 14.5 Å². The number of carbonyl (C=O) groups is 1. The molecule has 0 saturated carbocycles. The van der Waals surface area contributed by atoms with Crippen LogP contribution in [0.25, 0.3) is 16.2 Å². The summed E-state index contributed by atoms with van der Waals surface area (Å²) in [5.74, 6) is -0.359. The normalized spacial score (nSPS) is 13.8. The molecule has 0 bridgehead atoms. The van der Waals surface area contributed by atoms with Crippen LogP contribution < -0.4 is 4.90 Å². The molecular weight excluding hydrogens is 418 g/mol. The summed E-state index contributed by atoms with van der Waals surface area (Å²) < 4.78 is 29.1. The molecule has 1 aliphatic rings. The highest BCUT2D eigenvalue weighted by molar-refractivity contribution is 7.13. The zero-order valence-corrected chi connectivity index (χ0v) is 16.4. The fourth-order valence-electron chi connectivity index (χ4n) is 3.52. The number of halogens is 3. The van der Waals surface area contributed by atoms with Crippen molar-refractivity contribution in [1.82, 2.24) is 14.6 Å². The molecule has 0 N–H and O–H groups in total. The molecule has 5 nitrogen and oxygen atoms in total. The van der Waals surface area contributed by atoms with Gasteiger partial charge in [0.05, 0.1) is 10.6 Å². The number of aromatic nitrogens is 3. The van der Waals surface area contributed by atoms with Gasteiger partial charge in [0.25, 0.3) is 5.91 Å². The van der Waals surface area contributed by atoms with E-state index in [0.29, 0.717) is 12.2 Å². The van der Waals surface area contributed by atoms with Gasteiger partial charge in [-0.05, 0) is 47.2 Å². The second-order valence-corrected chi connectivity index (χ2v) is 8.06.